The molecule has 10 heavy (non-hydrogen) atoms. The highest BCUT2D eigenvalue weighted by atomic mass is 32.1. The first kappa shape index (κ1) is 7.35. The van der Waals surface area contributed by atoms with Crippen LogP contribution in [0.25, 0.3) is 0 Å². The fourth-order valence-corrected chi connectivity index (χ4v) is 1.19. The van der Waals surface area contributed by atoms with E-state index in [4.69, 9.17) is 0 Å². The molecule has 0 saturated heterocycles. The first-order valence-corrected chi connectivity index (χ1v) is 4.04. The molecule has 1 aromatic carbocycles. The zero-order chi connectivity index (χ0) is 7.40. The molecule has 0 atom stereocenters. The summed E-state index contributed by atoms with van der Waals surface area (Å²) in [5.41, 5.74) is 2.33. The van der Waals surface area contributed by atoms with Crippen LogP contribution in [0.5, 0.6) is 0 Å². The number of rotatable bonds is 2. The Hall–Kier alpha value is -0.760. The average Bonchev–Trinajstić information content (AvgIpc) is 1.88. The quantitative estimate of drug-likeness (QED) is 0.593. The standard InChI is InChI=1S/C8H9OS/c1-7-3-2-4-8(5-7)6-10-9/h2-5H,6H2,1H3/q+1. The summed E-state index contributed by atoms with van der Waals surface area (Å²) < 4.78 is 10.1. The molecule has 0 spiro atoms. The Kier molecular flexibility index (Phi) is 2.51. The van der Waals surface area contributed by atoms with Crippen LogP contribution in [0.1, 0.15) is 11.1 Å². The van der Waals surface area contributed by atoms with Crippen LogP contribution >= 0.6 is 0 Å². The highest BCUT2D eigenvalue weighted by Gasteiger charge is 2.00. The average molecular weight is 153 g/mol. The van der Waals surface area contributed by atoms with E-state index in [0.717, 1.165) is 5.56 Å². The minimum atomic E-state index is 0.571. The molecule has 0 fully saturated rings. The maximum Gasteiger partial charge on any atom is 0.463 e. The third-order valence-corrected chi connectivity index (χ3v) is 1.76. The molecule has 0 heterocycles. The zero-order valence-corrected chi connectivity index (χ0v) is 6.65. The molecule has 52 valence electrons. The maximum atomic E-state index is 10.1. The Morgan fingerprint density at radius 2 is 2.30 bits per heavy atom. The van der Waals surface area contributed by atoms with E-state index >= 15 is 0 Å². The fraction of sp³-hybridized carbons (Fsp3) is 0.250. The lowest BCUT2D eigenvalue weighted by Gasteiger charge is -1.90. The summed E-state index contributed by atoms with van der Waals surface area (Å²) in [6.07, 6.45) is 0. The van der Waals surface area contributed by atoms with E-state index in [1.165, 1.54) is 5.56 Å². The van der Waals surface area contributed by atoms with Crippen molar-refractivity contribution in [2.75, 3.05) is 0 Å². The van der Waals surface area contributed by atoms with Gasteiger partial charge in [-0.3, -0.25) is 0 Å². The lowest BCUT2D eigenvalue weighted by atomic mass is 10.2. The van der Waals surface area contributed by atoms with Gasteiger partial charge in [-0.1, -0.05) is 29.8 Å². The van der Waals surface area contributed by atoms with E-state index in [2.05, 4.69) is 0 Å². The second-order valence-corrected chi connectivity index (χ2v) is 2.78. The van der Waals surface area contributed by atoms with Crippen LogP contribution in [0.4, 0.5) is 0 Å². The smallest absolute Gasteiger partial charge is 0.0615 e. The molecule has 1 rings (SSSR count). The molecule has 0 N–H and O–H groups in total. The number of hydrogen-bond acceptors (Lipinski definition) is 1. The third kappa shape index (κ3) is 1.88. The van der Waals surface area contributed by atoms with E-state index in [0.29, 0.717) is 17.4 Å². The van der Waals surface area contributed by atoms with Gasteiger partial charge in [-0.2, -0.15) is 0 Å². The summed E-state index contributed by atoms with van der Waals surface area (Å²) in [5.74, 6) is 0.571. The van der Waals surface area contributed by atoms with Gasteiger partial charge in [-0.25, -0.2) is 0 Å². The summed E-state index contributed by atoms with van der Waals surface area (Å²) in [6.45, 7) is 2.03. The maximum absolute atomic E-state index is 10.1. The van der Waals surface area contributed by atoms with Crippen molar-refractivity contribution in [2.45, 2.75) is 12.7 Å². The number of hydrogen-bond donors (Lipinski definition) is 0. The van der Waals surface area contributed by atoms with Crippen LogP contribution in [0, 0.1) is 6.92 Å². The van der Waals surface area contributed by atoms with Crippen molar-refractivity contribution in [3.8, 4) is 0 Å². The molecule has 0 saturated carbocycles. The molecule has 0 radical (unpaired) electrons. The van der Waals surface area contributed by atoms with E-state index in [1.807, 2.05) is 31.2 Å². The van der Waals surface area contributed by atoms with Crippen molar-refractivity contribution in [2.24, 2.45) is 0 Å². The van der Waals surface area contributed by atoms with Gasteiger partial charge in [0, 0.05) is 9.77 Å². The number of benzene rings is 1. The molecule has 0 unspecified atom stereocenters. The first-order valence-electron chi connectivity index (χ1n) is 3.13. The predicted octanol–water partition coefficient (Wildman–Crippen LogP) is 1.92. The fourth-order valence-electron chi connectivity index (χ4n) is 0.870. The van der Waals surface area contributed by atoms with Crippen molar-refractivity contribution in [1.82, 2.24) is 0 Å². The largest absolute Gasteiger partial charge is 0.463 e. The van der Waals surface area contributed by atoms with E-state index < -0.39 is 0 Å². The Morgan fingerprint density at radius 1 is 1.50 bits per heavy atom. The predicted molar refractivity (Wildman–Crippen MR) is 42.9 cm³/mol. The van der Waals surface area contributed by atoms with Crippen molar-refractivity contribution in [1.29, 1.82) is 0 Å². The van der Waals surface area contributed by atoms with E-state index in [9.17, 15) is 4.21 Å². The Morgan fingerprint density at radius 3 is 2.90 bits per heavy atom. The van der Waals surface area contributed by atoms with Crippen molar-refractivity contribution in [3.63, 3.8) is 0 Å². The zero-order valence-electron chi connectivity index (χ0n) is 5.83. The summed E-state index contributed by atoms with van der Waals surface area (Å²) in [4.78, 5) is 0. The van der Waals surface area contributed by atoms with Crippen LogP contribution in [0.3, 0.4) is 0 Å². The van der Waals surface area contributed by atoms with Gasteiger partial charge >= 0.3 is 11.7 Å². The third-order valence-electron chi connectivity index (χ3n) is 1.31. The minimum absolute atomic E-state index is 0.571. The molecule has 0 bridgehead atoms. The lowest BCUT2D eigenvalue weighted by molar-refractivity contribution is 0.604. The minimum Gasteiger partial charge on any atom is -0.0615 e. The second-order valence-electron chi connectivity index (χ2n) is 2.25. The lowest BCUT2D eigenvalue weighted by Crippen LogP contribution is -1.81. The van der Waals surface area contributed by atoms with Crippen molar-refractivity contribution >= 4 is 11.7 Å². The highest BCUT2D eigenvalue weighted by molar-refractivity contribution is 7.64. The topological polar surface area (TPSA) is 17.1 Å². The molecular formula is C8H9OS+. The molecule has 0 aromatic heterocycles. The molecule has 0 aliphatic rings. The molecule has 0 aliphatic heterocycles. The molecule has 0 aliphatic carbocycles. The number of aryl methyl sites for hydroxylation is 1. The van der Waals surface area contributed by atoms with Gasteiger partial charge in [0.25, 0.3) is 5.75 Å². The molecular weight excluding hydrogens is 144 g/mol. The van der Waals surface area contributed by atoms with Crippen LogP contribution in [0.15, 0.2) is 24.3 Å². The van der Waals surface area contributed by atoms with Gasteiger partial charge in [-0.15, -0.1) is 0 Å². The molecule has 1 aromatic rings. The molecule has 0 amide bonds. The van der Waals surface area contributed by atoms with E-state index in [1.54, 1.807) is 0 Å². The highest BCUT2D eigenvalue weighted by Crippen LogP contribution is 2.03. The normalized spacial score (nSPS) is 9.30. The van der Waals surface area contributed by atoms with Gasteiger partial charge < -0.3 is 0 Å². The monoisotopic (exact) mass is 153 g/mol. The summed E-state index contributed by atoms with van der Waals surface area (Å²) >= 11 is 0.613. The van der Waals surface area contributed by atoms with Crippen molar-refractivity contribution in [3.05, 3.63) is 35.4 Å². The Bertz CT molecular complexity index is 232. The van der Waals surface area contributed by atoms with Gasteiger partial charge in [0.05, 0.1) is 0 Å². The molecule has 1 nitrogen and oxygen atoms in total. The van der Waals surface area contributed by atoms with Crippen LogP contribution in [-0.2, 0) is 21.6 Å². The summed E-state index contributed by atoms with van der Waals surface area (Å²) in [6, 6.07) is 8.00. The van der Waals surface area contributed by atoms with Gasteiger partial charge in [0.1, 0.15) is 0 Å². The van der Waals surface area contributed by atoms with Crippen LogP contribution in [0.2, 0.25) is 0 Å². The van der Waals surface area contributed by atoms with Crippen LogP contribution in [-0.4, -0.2) is 0 Å². The SMILES string of the molecule is Cc1cccc(C[S+]=O)c1. The Balaban J connectivity index is 2.84. The summed E-state index contributed by atoms with van der Waals surface area (Å²) in [7, 11) is 0. The summed E-state index contributed by atoms with van der Waals surface area (Å²) in [5, 5.41) is 0. The second kappa shape index (κ2) is 3.42. The molecule has 2 heteroatoms. The van der Waals surface area contributed by atoms with E-state index in [-0.39, 0.29) is 0 Å². The van der Waals surface area contributed by atoms with Gasteiger partial charge in [0.2, 0.25) is 0 Å². The van der Waals surface area contributed by atoms with Crippen LogP contribution < -0.4 is 0 Å². The van der Waals surface area contributed by atoms with Crippen molar-refractivity contribution < 1.29 is 4.21 Å². The first-order chi connectivity index (χ1) is 4.83. The van der Waals surface area contributed by atoms with Gasteiger partial charge in [-0.05, 0) is 6.92 Å². The van der Waals surface area contributed by atoms with Gasteiger partial charge in [0.15, 0.2) is 0 Å². The Labute approximate surface area is 64.6 Å².